The largest absolute Gasteiger partial charge is 0.507 e. The van der Waals surface area contributed by atoms with Gasteiger partial charge in [-0.2, -0.15) is 0 Å². The van der Waals surface area contributed by atoms with Crippen molar-refractivity contribution in [3.8, 4) is 5.75 Å². The van der Waals surface area contributed by atoms with Gasteiger partial charge >= 0.3 is 11.6 Å². The molecule has 0 aliphatic heterocycles. The maximum Gasteiger partial charge on any atom is 0.362 e. The van der Waals surface area contributed by atoms with Crippen LogP contribution in [-0.4, -0.2) is 22.2 Å². The van der Waals surface area contributed by atoms with Gasteiger partial charge in [0.2, 0.25) is 0 Å². The van der Waals surface area contributed by atoms with Crippen molar-refractivity contribution in [2.24, 2.45) is 5.92 Å². The number of carboxylic acids is 1. The van der Waals surface area contributed by atoms with Gasteiger partial charge in [0.15, 0.2) is 11.6 Å². The highest BCUT2D eigenvalue weighted by Gasteiger charge is 2.27. The highest BCUT2D eigenvalue weighted by atomic mass is 16.4. The molecule has 1 aromatic carbocycles. The van der Waals surface area contributed by atoms with Crippen molar-refractivity contribution in [1.29, 1.82) is 0 Å². The number of carbonyl (C=O) groups is 1. The topological polar surface area (TPSA) is 104 Å². The Morgan fingerprint density at radius 3 is 2.70 bits per heavy atom. The Hall–Kier alpha value is -2.34. The number of aromatic hydroxyl groups is 1. The molecule has 124 valence electrons. The normalized spacial score (nSPS) is 13.9. The molecule has 0 radical (unpaired) electrons. The molecule has 2 atom stereocenters. The summed E-state index contributed by atoms with van der Waals surface area (Å²) in [5.41, 5.74) is 1.03. The van der Waals surface area contributed by atoms with Gasteiger partial charge in [0.25, 0.3) is 0 Å². The van der Waals surface area contributed by atoms with E-state index in [0.717, 1.165) is 17.4 Å². The molecule has 1 heterocycles. The first kappa shape index (κ1) is 17.0. The van der Waals surface area contributed by atoms with Gasteiger partial charge in [-0.25, -0.2) is 9.59 Å². The summed E-state index contributed by atoms with van der Waals surface area (Å²) in [6.45, 7) is 5.83. The molecule has 0 amide bonds. The lowest BCUT2D eigenvalue weighted by atomic mass is 9.98. The molecule has 0 bridgehead atoms. The van der Waals surface area contributed by atoms with Gasteiger partial charge in [-0.3, -0.25) is 0 Å². The molecule has 23 heavy (non-hydrogen) atoms. The lowest BCUT2D eigenvalue weighted by Crippen LogP contribution is -2.92. The lowest BCUT2D eigenvalue weighted by molar-refractivity contribution is -0.699. The van der Waals surface area contributed by atoms with Crippen LogP contribution in [0.2, 0.25) is 0 Å². The predicted octanol–water partition coefficient (Wildman–Crippen LogP) is 1.37. The number of fused-ring (bicyclic) bond motifs is 1. The minimum atomic E-state index is -0.892. The van der Waals surface area contributed by atoms with Crippen LogP contribution in [-0.2, 0) is 11.3 Å². The number of nitrogens with two attached hydrogens (primary N) is 1. The van der Waals surface area contributed by atoms with Crippen LogP contribution in [0.5, 0.6) is 5.75 Å². The lowest BCUT2D eigenvalue weighted by Gasteiger charge is -2.17. The molecule has 6 heteroatoms. The van der Waals surface area contributed by atoms with E-state index >= 15 is 0 Å². The zero-order valence-corrected chi connectivity index (χ0v) is 13.5. The summed E-state index contributed by atoms with van der Waals surface area (Å²) < 4.78 is 5.25. The summed E-state index contributed by atoms with van der Waals surface area (Å²) in [6.07, 6.45) is 0.739. The molecule has 0 aliphatic carbocycles. The van der Waals surface area contributed by atoms with Gasteiger partial charge in [0.05, 0.1) is 5.56 Å². The second kappa shape index (κ2) is 6.83. The van der Waals surface area contributed by atoms with Crippen LogP contribution in [0.25, 0.3) is 11.0 Å². The molecule has 4 N–H and O–H groups in total. The van der Waals surface area contributed by atoms with Gasteiger partial charge in [-0.1, -0.05) is 13.8 Å². The number of phenolic OH excluding ortho intramolecular Hbond substituents is 1. The van der Waals surface area contributed by atoms with Crippen molar-refractivity contribution < 1.29 is 24.7 Å². The van der Waals surface area contributed by atoms with Gasteiger partial charge < -0.3 is 19.9 Å². The number of hydrogen-bond donors (Lipinski definition) is 3. The maximum absolute atomic E-state index is 11.6. The first-order valence-corrected chi connectivity index (χ1v) is 7.66. The minimum absolute atomic E-state index is 0.00390. The Labute approximate surface area is 133 Å². The monoisotopic (exact) mass is 320 g/mol. The van der Waals surface area contributed by atoms with Crippen molar-refractivity contribution >= 4 is 16.9 Å². The first-order valence-electron chi connectivity index (χ1n) is 7.66. The van der Waals surface area contributed by atoms with Crippen molar-refractivity contribution in [3.05, 3.63) is 39.7 Å². The number of phenols is 1. The molecule has 1 aromatic heterocycles. The number of rotatable bonds is 6. The van der Waals surface area contributed by atoms with Crippen LogP contribution in [0, 0.1) is 12.8 Å². The van der Waals surface area contributed by atoms with Crippen molar-refractivity contribution in [2.45, 2.75) is 39.8 Å². The van der Waals surface area contributed by atoms with E-state index in [1.165, 1.54) is 12.1 Å². The zero-order chi connectivity index (χ0) is 17.1. The second-order valence-electron chi connectivity index (χ2n) is 5.88. The van der Waals surface area contributed by atoms with Crippen LogP contribution in [0.3, 0.4) is 0 Å². The van der Waals surface area contributed by atoms with Crippen molar-refractivity contribution in [2.75, 3.05) is 0 Å². The van der Waals surface area contributed by atoms with E-state index in [4.69, 9.17) is 4.42 Å². The van der Waals surface area contributed by atoms with E-state index in [1.54, 1.807) is 18.3 Å². The average Bonchev–Trinajstić information content (AvgIpc) is 2.48. The fraction of sp³-hybridized carbons (Fsp3) is 0.412. The van der Waals surface area contributed by atoms with Crippen molar-refractivity contribution in [1.82, 2.24) is 0 Å². The molecule has 2 rings (SSSR count). The fourth-order valence-electron chi connectivity index (χ4n) is 2.70. The third kappa shape index (κ3) is 3.53. The fourth-order valence-corrected chi connectivity index (χ4v) is 2.70. The second-order valence-corrected chi connectivity index (χ2v) is 5.88. The minimum Gasteiger partial charge on any atom is -0.507 e. The number of aliphatic carboxylic acids is 1. The quantitative estimate of drug-likeness (QED) is 0.697. The standard InChI is InChI=1S/C17H21NO5/c1-4-9(2)15(17(21)22)18-8-12-13(19)6-5-11-10(3)7-14(20)23-16(11)12/h5-7,9,15,18-19H,4,8H2,1-3H3,(H,21,22)/p+1. The Balaban J connectivity index is 2.41. The predicted molar refractivity (Wildman–Crippen MR) is 85.4 cm³/mol. The number of benzene rings is 1. The molecule has 0 fully saturated rings. The van der Waals surface area contributed by atoms with E-state index in [9.17, 15) is 19.8 Å². The van der Waals surface area contributed by atoms with E-state index in [0.29, 0.717) is 11.1 Å². The van der Waals surface area contributed by atoms with E-state index in [1.807, 2.05) is 13.8 Å². The molecule has 0 spiro atoms. The summed E-state index contributed by atoms with van der Waals surface area (Å²) in [7, 11) is 0. The Morgan fingerprint density at radius 1 is 1.39 bits per heavy atom. The number of quaternary nitrogens is 1. The summed E-state index contributed by atoms with van der Waals surface area (Å²) >= 11 is 0. The SMILES string of the molecule is CCC(C)C([NH2+]Cc1c(O)ccc2c(C)cc(=O)oc12)C(=O)O. The van der Waals surface area contributed by atoms with Crippen LogP contribution >= 0.6 is 0 Å². The smallest absolute Gasteiger partial charge is 0.362 e. The van der Waals surface area contributed by atoms with Crippen LogP contribution in [0.1, 0.15) is 31.4 Å². The van der Waals surface area contributed by atoms with E-state index in [2.05, 4.69) is 0 Å². The Bertz CT molecular complexity index is 780. The van der Waals surface area contributed by atoms with Gasteiger partial charge in [0.1, 0.15) is 12.3 Å². The molecule has 0 saturated carbocycles. The van der Waals surface area contributed by atoms with Crippen LogP contribution in [0.4, 0.5) is 0 Å². The molecule has 0 aliphatic rings. The number of aryl methyl sites for hydroxylation is 1. The molecule has 2 aromatic rings. The molecule has 2 unspecified atom stereocenters. The van der Waals surface area contributed by atoms with Gasteiger partial charge in [-0.05, 0) is 31.0 Å². The molecule has 0 saturated heterocycles. The van der Waals surface area contributed by atoms with Crippen LogP contribution < -0.4 is 10.9 Å². The van der Waals surface area contributed by atoms with Crippen LogP contribution in [0.15, 0.2) is 27.4 Å². The number of hydrogen-bond acceptors (Lipinski definition) is 4. The third-order valence-electron chi connectivity index (χ3n) is 4.32. The molecular formula is C17H22NO5+. The number of carboxylic acid groups (broad SMARTS) is 1. The Morgan fingerprint density at radius 2 is 2.09 bits per heavy atom. The maximum atomic E-state index is 11.6. The zero-order valence-electron chi connectivity index (χ0n) is 13.5. The van der Waals surface area contributed by atoms with Gasteiger partial charge in [0, 0.05) is 17.4 Å². The molecular weight excluding hydrogens is 298 g/mol. The van der Waals surface area contributed by atoms with E-state index in [-0.39, 0.29) is 18.2 Å². The highest BCUT2D eigenvalue weighted by Crippen LogP contribution is 2.27. The highest BCUT2D eigenvalue weighted by molar-refractivity contribution is 5.84. The summed E-state index contributed by atoms with van der Waals surface area (Å²) in [5.74, 6) is -0.911. The summed E-state index contributed by atoms with van der Waals surface area (Å²) in [5, 5.41) is 21.9. The average molecular weight is 320 g/mol. The summed E-state index contributed by atoms with van der Waals surface area (Å²) in [6, 6.07) is 4.01. The molecule has 6 nitrogen and oxygen atoms in total. The third-order valence-corrected chi connectivity index (χ3v) is 4.32. The van der Waals surface area contributed by atoms with Gasteiger partial charge in [-0.15, -0.1) is 0 Å². The first-order chi connectivity index (χ1) is 10.8. The summed E-state index contributed by atoms with van der Waals surface area (Å²) in [4.78, 5) is 23.0. The Kier molecular flexibility index (Phi) is 5.05. The van der Waals surface area contributed by atoms with E-state index < -0.39 is 17.6 Å². The van der Waals surface area contributed by atoms with Crippen molar-refractivity contribution in [3.63, 3.8) is 0 Å².